The number of aromatic nitrogens is 4. The number of nitrogen functional groups attached to an aromatic ring is 1. The van der Waals surface area contributed by atoms with E-state index in [2.05, 4.69) is 20.3 Å². The number of ether oxygens (including phenoxy) is 1. The monoisotopic (exact) mass is 354 g/mol. The lowest BCUT2D eigenvalue weighted by molar-refractivity contribution is 0.414. The van der Waals surface area contributed by atoms with Crippen molar-refractivity contribution in [3.63, 3.8) is 0 Å². The van der Waals surface area contributed by atoms with Crippen LogP contribution in [0.5, 0.6) is 5.75 Å². The molecule has 0 saturated heterocycles. The summed E-state index contributed by atoms with van der Waals surface area (Å²) in [6.07, 6.45) is 1.58. The molecule has 0 bridgehead atoms. The Kier molecular flexibility index (Phi) is 4.97. The highest BCUT2D eigenvalue weighted by Gasteiger charge is 2.08. The molecule has 0 radical (unpaired) electrons. The largest absolute Gasteiger partial charge is 0.497 e. The van der Waals surface area contributed by atoms with Crippen LogP contribution in [-0.2, 0) is 13.1 Å². The number of rotatable bonds is 6. The number of methoxy groups -OCH3 is 1. The van der Waals surface area contributed by atoms with E-state index in [0.29, 0.717) is 11.6 Å². The molecule has 0 saturated carbocycles. The first-order chi connectivity index (χ1) is 12.6. The van der Waals surface area contributed by atoms with Crippen molar-refractivity contribution in [3.05, 3.63) is 74.7 Å². The molecule has 0 atom stereocenters. The molecule has 3 rings (SSSR count). The van der Waals surface area contributed by atoms with Crippen molar-refractivity contribution < 1.29 is 4.74 Å². The van der Waals surface area contributed by atoms with Gasteiger partial charge in [0.15, 0.2) is 0 Å². The molecule has 2 aromatic heterocycles. The van der Waals surface area contributed by atoms with Gasteiger partial charge in [0.25, 0.3) is 0 Å². The Morgan fingerprint density at radius 3 is 2.65 bits per heavy atom. The molecule has 9 nitrogen and oxygen atoms in total. The third-order valence-electron chi connectivity index (χ3n) is 3.78. The van der Waals surface area contributed by atoms with Gasteiger partial charge in [0.05, 0.1) is 13.7 Å². The fourth-order valence-electron chi connectivity index (χ4n) is 2.36. The predicted octanol–water partition coefficient (Wildman–Crippen LogP) is 0.578. The fraction of sp³-hybridized carbons (Fsp3) is 0.176. The Bertz CT molecular complexity index is 979. The van der Waals surface area contributed by atoms with Gasteiger partial charge in [-0.05, 0) is 23.8 Å². The zero-order valence-electron chi connectivity index (χ0n) is 14.1. The fourth-order valence-corrected chi connectivity index (χ4v) is 2.36. The highest BCUT2D eigenvalue weighted by Crippen LogP contribution is 2.11. The summed E-state index contributed by atoms with van der Waals surface area (Å²) in [6, 6.07) is 10.6. The maximum Gasteiger partial charge on any atom is 0.355 e. The Balaban J connectivity index is 1.76. The van der Waals surface area contributed by atoms with Crippen LogP contribution < -0.4 is 27.2 Å². The molecule has 134 valence electrons. The highest BCUT2D eigenvalue weighted by atomic mass is 16.5. The summed E-state index contributed by atoms with van der Waals surface area (Å²) in [5, 5.41) is 2.87. The Morgan fingerprint density at radius 1 is 1.23 bits per heavy atom. The van der Waals surface area contributed by atoms with Gasteiger partial charge in [-0.2, -0.15) is 4.98 Å². The van der Waals surface area contributed by atoms with Gasteiger partial charge in [-0.25, -0.2) is 19.1 Å². The van der Waals surface area contributed by atoms with Crippen molar-refractivity contribution in [1.82, 2.24) is 19.5 Å². The molecule has 9 heteroatoms. The van der Waals surface area contributed by atoms with Crippen LogP contribution in [-0.4, -0.2) is 26.6 Å². The molecule has 3 aromatic rings. The number of hydrogen-bond donors (Lipinski definition) is 3. The van der Waals surface area contributed by atoms with Crippen molar-refractivity contribution in [2.24, 2.45) is 0 Å². The number of aromatic amines is 1. The second-order valence-corrected chi connectivity index (χ2v) is 5.51. The van der Waals surface area contributed by atoms with E-state index in [-0.39, 0.29) is 19.0 Å². The standard InChI is InChI=1S/C17H18N6O3/c1-26-13-6-4-11(5-7-13)10-23-16(24)21-15(22-17(23)25)20-9-12-3-2-8-19-14(12)18/h2-8H,9-10H2,1H3,(H2,18,19)(H2,20,21,22,24,25). The minimum atomic E-state index is -0.647. The van der Waals surface area contributed by atoms with Crippen LogP contribution in [0.15, 0.2) is 52.2 Å². The average molecular weight is 354 g/mol. The molecule has 0 aliphatic rings. The number of pyridine rings is 1. The van der Waals surface area contributed by atoms with Crippen LogP contribution in [0.2, 0.25) is 0 Å². The van der Waals surface area contributed by atoms with E-state index in [1.165, 1.54) is 0 Å². The summed E-state index contributed by atoms with van der Waals surface area (Å²) in [5.74, 6) is 1.15. The minimum Gasteiger partial charge on any atom is -0.497 e. The molecule has 4 N–H and O–H groups in total. The first-order valence-electron chi connectivity index (χ1n) is 7.84. The van der Waals surface area contributed by atoms with Gasteiger partial charge in [-0.3, -0.25) is 4.98 Å². The molecule has 0 aliphatic carbocycles. The topological polar surface area (TPSA) is 128 Å². The molecule has 0 amide bonds. The van der Waals surface area contributed by atoms with Crippen molar-refractivity contribution in [1.29, 1.82) is 0 Å². The third kappa shape index (κ3) is 3.89. The molecule has 0 spiro atoms. The summed E-state index contributed by atoms with van der Waals surface area (Å²) >= 11 is 0. The summed E-state index contributed by atoms with van der Waals surface area (Å²) in [4.78, 5) is 34.8. The number of benzene rings is 1. The smallest absolute Gasteiger partial charge is 0.355 e. The van der Waals surface area contributed by atoms with E-state index in [4.69, 9.17) is 10.5 Å². The van der Waals surface area contributed by atoms with Gasteiger partial charge < -0.3 is 15.8 Å². The molecular formula is C17H18N6O3. The third-order valence-corrected chi connectivity index (χ3v) is 3.78. The molecule has 0 fully saturated rings. The zero-order chi connectivity index (χ0) is 18.5. The quantitative estimate of drug-likeness (QED) is 0.590. The van der Waals surface area contributed by atoms with Crippen LogP contribution in [0.4, 0.5) is 11.8 Å². The predicted molar refractivity (Wildman–Crippen MR) is 97.2 cm³/mol. The lowest BCUT2D eigenvalue weighted by atomic mass is 10.2. The number of nitrogens with one attached hydrogen (secondary N) is 2. The number of H-pyrrole nitrogens is 1. The lowest BCUT2D eigenvalue weighted by Gasteiger charge is -2.09. The van der Waals surface area contributed by atoms with E-state index in [0.717, 1.165) is 15.7 Å². The van der Waals surface area contributed by atoms with Crippen molar-refractivity contribution in [2.75, 3.05) is 18.2 Å². The Hall–Kier alpha value is -3.62. The van der Waals surface area contributed by atoms with Gasteiger partial charge in [0.1, 0.15) is 11.6 Å². The summed E-state index contributed by atoms with van der Waals surface area (Å²) in [7, 11) is 1.57. The van der Waals surface area contributed by atoms with E-state index in [9.17, 15) is 9.59 Å². The number of nitrogens with zero attached hydrogens (tertiary/aromatic N) is 3. The number of hydrogen-bond acceptors (Lipinski definition) is 7. The SMILES string of the molecule is COc1ccc(Cn2c(=O)nc(NCc3cccnc3N)[nH]c2=O)cc1. The summed E-state index contributed by atoms with van der Waals surface area (Å²) in [6.45, 7) is 0.394. The van der Waals surface area contributed by atoms with Crippen LogP contribution in [0.25, 0.3) is 0 Å². The van der Waals surface area contributed by atoms with E-state index >= 15 is 0 Å². The highest BCUT2D eigenvalue weighted by molar-refractivity contribution is 5.40. The number of nitrogens with two attached hydrogens (primary N) is 1. The van der Waals surface area contributed by atoms with Crippen LogP contribution in [0.3, 0.4) is 0 Å². The first kappa shape index (κ1) is 17.2. The maximum atomic E-state index is 12.2. The van der Waals surface area contributed by atoms with Gasteiger partial charge in [-0.1, -0.05) is 18.2 Å². The van der Waals surface area contributed by atoms with Crippen molar-refractivity contribution in [2.45, 2.75) is 13.1 Å². The molecule has 2 heterocycles. The van der Waals surface area contributed by atoms with E-state index < -0.39 is 11.4 Å². The molecular weight excluding hydrogens is 336 g/mol. The lowest BCUT2D eigenvalue weighted by Crippen LogP contribution is -2.38. The second kappa shape index (κ2) is 7.51. The molecule has 0 unspecified atom stereocenters. The van der Waals surface area contributed by atoms with Crippen molar-refractivity contribution >= 4 is 11.8 Å². The van der Waals surface area contributed by atoms with Crippen molar-refractivity contribution in [3.8, 4) is 5.75 Å². The normalized spacial score (nSPS) is 10.5. The van der Waals surface area contributed by atoms with Crippen LogP contribution in [0.1, 0.15) is 11.1 Å². The molecule has 1 aromatic carbocycles. The average Bonchev–Trinajstić information content (AvgIpc) is 2.64. The van der Waals surface area contributed by atoms with Crippen LogP contribution in [0, 0.1) is 0 Å². The maximum absolute atomic E-state index is 12.2. The van der Waals surface area contributed by atoms with Gasteiger partial charge in [0, 0.05) is 18.3 Å². The first-order valence-corrected chi connectivity index (χ1v) is 7.84. The number of anilines is 2. The molecule has 0 aliphatic heterocycles. The van der Waals surface area contributed by atoms with Gasteiger partial charge in [-0.15, -0.1) is 0 Å². The Morgan fingerprint density at radius 2 is 2.00 bits per heavy atom. The second-order valence-electron chi connectivity index (χ2n) is 5.51. The zero-order valence-corrected chi connectivity index (χ0v) is 14.1. The summed E-state index contributed by atoms with van der Waals surface area (Å²) in [5.41, 5.74) is 6.07. The minimum absolute atomic E-state index is 0.0780. The van der Waals surface area contributed by atoms with Crippen LogP contribution >= 0.6 is 0 Å². The van der Waals surface area contributed by atoms with Gasteiger partial charge in [0.2, 0.25) is 5.95 Å². The Labute approximate surface area is 148 Å². The van der Waals surface area contributed by atoms with Gasteiger partial charge >= 0.3 is 11.4 Å². The summed E-state index contributed by atoms with van der Waals surface area (Å²) < 4.78 is 6.10. The van der Waals surface area contributed by atoms with E-state index in [1.54, 1.807) is 49.7 Å². The molecule has 26 heavy (non-hydrogen) atoms. The van der Waals surface area contributed by atoms with E-state index in [1.807, 2.05) is 0 Å².